The molecule has 0 saturated carbocycles. The molecule has 2 heterocycles. The van der Waals surface area contributed by atoms with Gasteiger partial charge in [0.15, 0.2) is 5.76 Å². The zero-order valence-corrected chi connectivity index (χ0v) is 16.7. The van der Waals surface area contributed by atoms with E-state index in [-0.39, 0.29) is 17.4 Å². The maximum absolute atomic E-state index is 13.2. The summed E-state index contributed by atoms with van der Waals surface area (Å²) in [7, 11) is 0. The minimum atomic E-state index is -0.261. The van der Waals surface area contributed by atoms with Crippen molar-refractivity contribution in [1.82, 2.24) is 4.90 Å². The van der Waals surface area contributed by atoms with Crippen molar-refractivity contribution >= 4 is 23.5 Å². The lowest BCUT2D eigenvalue weighted by Gasteiger charge is -2.29. The van der Waals surface area contributed by atoms with Gasteiger partial charge in [-0.05, 0) is 53.6 Å². The van der Waals surface area contributed by atoms with Crippen molar-refractivity contribution in [1.29, 1.82) is 0 Å². The molecule has 30 heavy (non-hydrogen) atoms. The van der Waals surface area contributed by atoms with Gasteiger partial charge in [0, 0.05) is 18.1 Å². The molecule has 0 aromatic heterocycles. The number of hydrogen-bond acceptors (Lipinski definition) is 4. The van der Waals surface area contributed by atoms with Gasteiger partial charge in [-0.3, -0.25) is 9.69 Å². The lowest BCUT2D eigenvalue weighted by Crippen LogP contribution is -2.31. The first-order valence-electron chi connectivity index (χ1n) is 9.52. The number of hydrogen-bond donors (Lipinski definition) is 0. The van der Waals surface area contributed by atoms with Crippen LogP contribution < -0.4 is 9.47 Å². The van der Waals surface area contributed by atoms with Crippen molar-refractivity contribution < 1.29 is 18.7 Å². The fourth-order valence-corrected chi connectivity index (χ4v) is 3.90. The molecule has 2 aliphatic heterocycles. The van der Waals surface area contributed by atoms with Gasteiger partial charge in [0.2, 0.25) is 5.78 Å². The number of halogens is 2. The van der Waals surface area contributed by atoms with Crippen LogP contribution in [0.1, 0.15) is 27.0 Å². The van der Waals surface area contributed by atoms with Gasteiger partial charge in [-0.2, -0.15) is 0 Å². The van der Waals surface area contributed by atoms with Crippen molar-refractivity contribution in [3.63, 3.8) is 0 Å². The third kappa shape index (κ3) is 3.58. The second-order valence-electron chi connectivity index (χ2n) is 7.30. The summed E-state index contributed by atoms with van der Waals surface area (Å²) < 4.78 is 25.0. The molecule has 0 amide bonds. The van der Waals surface area contributed by atoms with Gasteiger partial charge in [0.1, 0.15) is 24.0 Å². The monoisotopic (exact) mass is 421 g/mol. The molecule has 0 unspecified atom stereocenters. The minimum absolute atomic E-state index is 0.163. The van der Waals surface area contributed by atoms with Gasteiger partial charge >= 0.3 is 0 Å². The lowest BCUT2D eigenvalue weighted by atomic mass is 10.0. The van der Waals surface area contributed by atoms with Gasteiger partial charge in [-0.1, -0.05) is 35.9 Å². The molecule has 2 aliphatic rings. The highest BCUT2D eigenvalue weighted by Gasteiger charge is 2.33. The number of allylic oxidation sites excluding steroid dienone is 1. The predicted molar refractivity (Wildman–Crippen MR) is 112 cm³/mol. The van der Waals surface area contributed by atoms with Crippen molar-refractivity contribution in [2.45, 2.75) is 13.1 Å². The van der Waals surface area contributed by atoms with Crippen LogP contribution >= 0.6 is 11.6 Å². The first-order valence-corrected chi connectivity index (χ1v) is 9.90. The zero-order valence-electron chi connectivity index (χ0n) is 15.9. The van der Waals surface area contributed by atoms with Gasteiger partial charge < -0.3 is 9.47 Å². The number of ether oxygens (including phenoxy) is 2. The van der Waals surface area contributed by atoms with Gasteiger partial charge in [0.05, 0.1) is 11.1 Å². The van der Waals surface area contributed by atoms with Crippen LogP contribution in [0.3, 0.4) is 0 Å². The van der Waals surface area contributed by atoms with E-state index in [4.69, 9.17) is 21.1 Å². The molecular formula is C24H17ClFNO3. The van der Waals surface area contributed by atoms with Crippen LogP contribution in [-0.4, -0.2) is 17.4 Å². The number of carbonyl (C=O) groups excluding carboxylic acids is 1. The summed E-state index contributed by atoms with van der Waals surface area (Å²) in [5.74, 6) is 1.08. The van der Waals surface area contributed by atoms with Crippen LogP contribution in [0.5, 0.6) is 11.5 Å². The molecule has 4 nitrogen and oxygen atoms in total. The summed E-state index contributed by atoms with van der Waals surface area (Å²) >= 11 is 6.04. The highest BCUT2D eigenvalue weighted by molar-refractivity contribution is 6.30. The molecule has 0 saturated heterocycles. The van der Waals surface area contributed by atoms with E-state index in [1.807, 2.05) is 18.2 Å². The quantitative estimate of drug-likeness (QED) is 0.527. The topological polar surface area (TPSA) is 38.8 Å². The van der Waals surface area contributed by atoms with E-state index in [0.29, 0.717) is 41.9 Å². The molecule has 0 atom stereocenters. The summed E-state index contributed by atoms with van der Waals surface area (Å²) in [6.45, 7) is 1.57. The maximum Gasteiger partial charge on any atom is 0.231 e. The fraction of sp³-hybridized carbons (Fsp3) is 0.125. The van der Waals surface area contributed by atoms with E-state index in [1.165, 1.54) is 12.1 Å². The second kappa shape index (κ2) is 7.59. The van der Waals surface area contributed by atoms with E-state index < -0.39 is 0 Å². The van der Waals surface area contributed by atoms with E-state index in [0.717, 1.165) is 16.7 Å². The highest BCUT2D eigenvalue weighted by atomic mass is 35.5. The summed E-state index contributed by atoms with van der Waals surface area (Å²) in [5, 5.41) is 0.592. The Morgan fingerprint density at radius 1 is 1.10 bits per heavy atom. The molecule has 6 heteroatoms. The number of carbonyl (C=O) groups is 1. The summed E-state index contributed by atoms with van der Waals surface area (Å²) in [6, 6.07) is 17.2. The Bertz CT molecular complexity index is 1170. The summed E-state index contributed by atoms with van der Waals surface area (Å²) in [4.78, 5) is 14.9. The Hall–Kier alpha value is -3.15. The zero-order chi connectivity index (χ0) is 20.7. The molecular weight excluding hydrogens is 405 g/mol. The smallest absolute Gasteiger partial charge is 0.231 e. The first kappa shape index (κ1) is 18.9. The van der Waals surface area contributed by atoms with Crippen molar-refractivity contribution in [3.05, 3.63) is 99.5 Å². The Balaban J connectivity index is 1.42. The number of nitrogens with zero attached hydrogens (tertiary/aromatic N) is 1. The van der Waals surface area contributed by atoms with Crippen molar-refractivity contribution in [3.8, 4) is 11.5 Å². The Kier molecular flexibility index (Phi) is 4.77. The molecule has 0 spiro atoms. The Morgan fingerprint density at radius 2 is 1.93 bits per heavy atom. The van der Waals surface area contributed by atoms with Crippen molar-refractivity contribution in [2.75, 3.05) is 6.73 Å². The van der Waals surface area contributed by atoms with E-state index in [1.54, 1.807) is 36.4 Å². The van der Waals surface area contributed by atoms with Crippen LogP contribution in [0, 0.1) is 5.82 Å². The van der Waals surface area contributed by atoms with Crippen LogP contribution in [0.2, 0.25) is 5.02 Å². The predicted octanol–water partition coefficient (Wildman–Crippen LogP) is 5.45. The SMILES string of the molecule is O=C1/C(=C/c2cccc(Cl)c2)Oc2c1ccc1c2CN(Cc2ccc(F)cc2)CO1. The number of fused-ring (bicyclic) bond motifs is 3. The second-order valence-corrected chi connectivity index (χ2v) is 7.74. The maximum atomic E-state index is 13.2. The van der Waals surface area contributed by atoms with Crippen LogP contribution in [0.25, 0.3) is 6.08 Å². The third-order valence-electron chi connectivity index (χ3n) is 5.15. The molecule has 0 bridgehead atoms. The van der Waals surface area contributed by atoms with Gasteiger partial charge in [-0.25, -0.2) is 4.39 Å². The standard InChI is InChI=1S/C24H17ClFNO3/c25-17-3-1-2-16(10-17)11-22-23(28)19-8-9-21-20(24(19)30-22)13-27(14-29-21)12-15-4-6-18(26)7-5-15/h1-11H,12-14H2/b22-11-. The number of benzene rings is 3. The lowest BCUT2D eigenvalue weighted by molar-refractivity contribution is 0.0872. The summed E-state index contributed by atoms with van der Waals surface area (Å²) in [5.41, 5.74) is 3.13. The van der Waals surface area contributed by atoms with Crippen molar-refractivity contribution in [2.24, 2.45) is 0 Å². The van der Waals surface area contributed by atoms with Gasteiger partial charge in [-0.15, -0.1) is 0 Å². The Labute approximate surface area is 178 Å². The van der Waals surface area contributed by atoms with Gasteiger partial charge in [0.25, 0.3) is 0 Å². The molecule has 3 aromatic rings. The summed E-state index contributed by atoms with van der Waals surface area (Å²) in [6.07, 6.45) is 1.70. The van der Waals surface area contributed by atoms with E-state index in [2.05, 4.69) is 4.90 Å². The molecule has 0 radical (unpaired) electrons. The fourth-order valence-electron chi connectivity index (χ4n) is 3.70. The first-order chi connectivity index (χ1) is 14.6. The molecule has 3 aromatic carbocycles. The molecule has 0 N–H and O–H groups in total. The highest BCUT2D eigenvalue weighted by Crippen LogP contribution is 2.42. The van der Waals surface area contributed by atoms with E-state index in [9.17, 15) is 9.18 Å². The number of Topliss-reactive ketones (excluding diaryl/α,β-unsaturated/α-hetero) is 1. The van der Waals surface area contributed by atoms with Crippen LogP contribution in [0.15, 0.2) is 66.4 Å². The number of ketones is 1. The molecule has 150 valence electrons. The van der Waals surface area contributed by atoms with Crippen LogP contribution in [0.4, 0.5) is 4.39 Å². The normalized spacial score (nSPS) is 16.7. The average molecular weight is 422 g/mol. The average Bonchev–Trinajstić information content (AvgIpc) is 3.06. The minimum Gasteiger partial charge on any atom is -0.478 e. The molecule has 0 aliphatic carbocycles. The third-order valence-corrected chi connectivity index (χ3v) is 5.38. The molecule has 5 rings (SSSR count). The van der Waals surface area contributed by atoms with E-state index >= 15 is 0 Å². The molecule has 0 fully saturated rings. The number of rotatable bonds is 3. The Morgan fingerprint density at radius 3 is 2.73 bits per heavy atom. The largest absolute Gasteiger partial charge is 0.478 e. The van der Waals surface area contributed by atoms with Crippen LogP contribution in [-0.2, 0) is 13.1 Å².